The Kier molecular flexibility index (Phi) is 6.28. The van der Waals surface area contributed by atoms with Gasteiger partial charge in [0.15, 0.2) is 0 Å². The van der Waals surface area contributed by atoms with Crippen LogP contribution >= 0.6 is 11.3 Å². The summed E-state index contributed by atoms with van der Waals surface area (Å²) in [4.78, 5) is 30.6. The van der Waals surface area contributed by atoms with Gasteiger partial charge < -0.3 is 10.2 Å². The lowest BCUT2D eigenvalue weighted by atomic mass is 10.1. The number of carbonyl (C=O) groups excluding carboxylic acids is 1. The highest BCUT2D eigenvalue weighted by Crippen LogP contribution is 2.24. The van der Waals surface area contributed by atoms with Gasteiger partial charge in [0.25, 0.3) is 0 Å². The number of thiazole rings is 1. The van der Waals surface area contributed by atoms with Crippen LogP contribution < -0.4 is 10.2 Å². The number of anilines is 2. The average Bonchev–Trinajstić information content (AvgIpc) is 3.28. The Balaban J connectivity index is 1.14. The first-order valence-corrected chi connectivity index (χ1v) is 12.0. The monoisotopic (exact) mass is 458 g/mol. The molecule has 1 N–H and O–H groups in total. The van der Waals surface area contributed by atoms with Crippen molar-refractivity contribution in [3.63, 3.8) is 0 Å². The van der Waals surface area contributed by atoms with Crippen molar-refractivity contribution in [1.82, 2.24) is 19.9 Å². The molecule has 168 valence electrons. The maximum absolute atomic E-state index is 12.8. The fourth-order valence-electron chi connectivity index (χ4n) is 4.05. The zero-order valence-corrected chi connectivity index (χ0v) is 19.3. The first-order valence-electron chi connectivity index (χ1n) is 11.2. The van der Waals surface area contributed by atoms with Crippen molar-refractivity contribution in [2.24, 2.45) is 0 Å². The summed E-state index contributed by atoms with van der Waals surface area (Å²) in [5.41, 5.74) is 3.04. The summed E-state index contributed by atoms with van der Waals surface area (Å²) in [6, 6.07) is 17.9. The van der Waals surface area contributed by atoms with Crippen LogP contribution in [0.3, 0.4) is 0 Å². The third-order valence-electron chi connectivity index (χ3n) is 5.99. The van der Waals surface area contributed by atoms with Crippen molar-refractivity contribution in [2.45, 2.75) is 19.4 Å². The molecule has 1 saturated heterocycles. The van der Waals surface area contributed by atoms with E-state index in [4.69, 9.17) is 4.98 Å². The van der Waals surface area contributed by atoms with Gasteiger partial charge >= 0.3 is 0 Å². The number of fused-ring (bicyclic) bond motifs is 1. The van der Waals surface area contributed by atoms with Crippen LogP contribution in [0.2, 0.25) is 0 Å². The fourth-order valence-corrected chi connectivity index (χ4v) is 5.05. The first-order chi connectivity index (χ1) is 16.2. The second-order valence-electron chi connectivity index (χ2n) is 8.19. The van der Waals surface area contributed by atoms with E-state index < -0.39 is 0 Å². The van der Waals surface area contributed by atoms with Gasteiger partial charge in [0.2, 0.25) is 11.9 Å². The molecule has 33 heavy (non-hydrogen) atoms. The molecule has 1 aliphatic heterocycles. The van der Waals surface area contributed by atoms with Crippen LogP contribution in [0.5, 0.6) is 0 Å². The minimum absolute atomic E-state index is 0.0123. The summed E-state index contributed by atoms with van der Waals surface area (Å²) >= 11 is 1.73. The molecule has 8 heteroatoms. The van der Waals surface area contributed by atoms with Crippen LogP contribution in [0.15, 0.2) is 67.0 Å². The third kappa shape index (κ3) is 5.02. The normalized spacial score (nSPS) is 15.5. The third-order valence-corrected chi connectivity index (χ3v) is 7.03. The Morgan fingerprint density at radius 1 is 1.00 bits per heavy atom. The average molecular weight is 459 g/mol. The lowest BCUT2D eigenvalue weighted by molar-refractivity contribution is -0.120. The maximum Gasteiger partial charge on any atom is 0.241 e. The van der Waals surface area contributed by atoms with Crippen molar-refractivity contribution >= 4 is 39.1 Å². The Morgan fingerprint density at radius 3 is 2.45 bits per heavy atom. The van der Waals surface area contributed by atoms with Gasteiger partial charge in [-0.25, -0.2) is 15.0 Å². The summed E-state index contributed by atoms with van der Waals surface area (Å²) in [6.45, 7) is 5.18. The van der Waals surface area contributed by atoms with E-state index in [9.17, 15) is 4.79 Å². The Hall–Kier alpha value is -3.36. The van der Waals surface area contributed by atoms with E-state index in [1.54, 1.807) is 23.7 Å². The molecular weight excluding hydrogens is 432 g/mol. The van der Waals surface area contributed by atoms with E-state index in [0.717, 1.165) is 54.8 Å². The molecule has 1 fully saturated rings. The van der Waals surface area contributed by atoms with Gasteiger partial charge in [0, 0.05) is 50.7 Å². The number of para-hydroxylation sites is 1. The molecule has 0 radical (unpaired) electrons. The number of carbonyl (C=O) groups is 1. The highest BCUT2D eigenvalue weighted by atomic mass is 32.1. The number of hydrogen-bond donors (Lipinski definition) is 1. The molecule has 0 spiro atoms. The number of rotatable bonds is 6. The number of nitrogens with one attached hydrogen (secondary N) is 1. The van der Waals surface area contributed by atoms with Crippen molar-refractivity contribution in [1.29, 1.82) is 0 Å². The number of piperazine rings is 1. The van der Waals surface area contributed by atoms with Crippen LogP contribution in [0.4, 0.5) is 11.6 Å². The zero-order valence-electron chi connectivity index (χ0n) is 18.5. The molecule has 0 aliphatic carbocycles. The van der Waals surface area contributed by atoms with Crippen LogP contribution in [0, 0.1) is 0 Å². The molecule has 2 aromatic carbocycles. The van der Waals surface area contributed by atoms with E-state index in [2.05, 4.69) is 43.3 Å². The minimum atomic E-state index is -0.203. The van der Waals surface area contributed by atoms with E-state index in [0.29, 0.717) is 0 Å². The lowest BCUT2D eigenvalue weighted by Gasteiger charge is -2.37. The topological polar surface area (TPSA) is 74.2 Å². The number of benzene rings is 2. The predicted molar refractivity (Wildman–Crippen MR) is 133 cm³/mol. The molecular formula is C25H26N6OS. The van der Waals surface area contributed by atoms with Crippen molar-refractivity contribution in [3.05, 3.63) is 77.6 Å². The Morgan fingerprint density at radius 2 is 1.73 bits per heavy atom. The molecule has 5 rings (SSSR count). The van der Waals surface area contributed by atoms with E-state index in [1.807, 2.05) is 43.3 Å². The molecule has 7 nitrogen and oxygen atoms in total. The van der Waals surface area contributed by atoms with Crippen molar-refractivity contribution in [2.75, 3.05) is 36.4 Å². The maximum atomic E-state index is 12.8. The molecule has 1 aliphatic rings. The highest BCUT2D eigenvalue weighted by molar-refractivity contribution is 7.18. The van der Waals surface area contributed by atoms with E-state index in [1.165, 1.54) is 10.3 Å². The molecule has 0 bridgehead atoms. The van der Waals surface area contributed by atoms with Crippen LogP contribution in [0.25, 0.3) is 10.2 Å². The Bertz CT molecular complexity index is 1190. The molecule has 2 aromatic heterocycles. The SMILES string of the molecule is C[C@H](C(=O)Nc1ccc(Cc2nc3ccccc3s2)cc1)N1CCN(c2ncccn2)CC1. The van der Waals surface area contributed by atoms with Gasteiger partial charge in [-0.3, -0.25) is 9.69 Å². The fraction of sp³-hybridized carbons (Fsp3) is 0.280. The smallest absolute Gasteiger partial charge is 0.241 e. The standard InChI is InChI=1S/C25H26N6OS/c1-18(30-13-15-31(16-14-30)25-26-11-4-12-27-25)24(32)28-20-9-7-19(8-10-20)17-23-29-21-5-2-3-6-22(21)33-23/h2-12,18H,13-17H2,1H3,(H,28,32)/t18-/m1/s1. The molecule has 4 aromatic rings. The zero-order chi connectivity index (χ0) is 22.6. The molecule has 0 saturated carbocycles. The quantitative estimate of drug-likeness (QED) is 0.473. The molecule has 1 amide bonds. The van der Waals surface area contributed by atoms with Crippen LogP contribution in [-0.2, 0) is 11.2 Å². The van der Waals surface area contributed by atoms with Gasteiger partial charge in [-0.1, -0.05) is 24.3 Å². The lowest BCUT2D eigenvalue weighted by Crippen LogP contribution is -2.53. The predicted octanol–water partition coefficient (Wildman–Crippen LogP) is 3.83. The molecule has 1 atom stereocenters. The molecule has 3 heterocycles. The largest absolute Gasteiger partial charge is 0.338 e. The summed E-state index contributed by atoms with van der Waals surface area (Å²) in [7, 11) is 0. The van der Waals surface area contributed by atoms with Gasteiger partial charge in [-0.05, 0) is 42.8 Å². The summed E-state index contributed by atoms with van der Waals surface area (Å²) in [5, 5.41) is 4.16. The van der Waals surface area contributed by atoms with Gasteiger partial charge in [0.1, 0.15) is 0 Å². The number of amides is 1. The summed E-state index contributed by atoms with van der Waals surface area (Å²) < 4.78 is 1.21. The van der Waals surface area contributed by atoms with Crippen LogP contribution in [-0.4, -0.2) is 58.0 Å². The number of nitrogens with zero attached hydrogens (tertiary/aromatic N) is 5. The van der Waals surface area contributed by atoms with E-state index >= 15 is 0 Å². The minimum Gasteiger partial charge on any atom is -0.338 e. The van der Waals surface area contributed by atoms with Crippen LogP contribution in [0.1, 0.15) is 17.5 Å². The summed E-state index contributed by atoms with van der Waals surface area (Å²) in [6.07, 6.45) is 4.31. The number of aromatic nitrogens is 3. The van der Waals surface area contributed by atoms with Crippen molar-refractivity contribution < 1.29 is 4.79 Å². The second-order valence-corrected chi connectivity index (χ2v) is 9.30. The highest BCUT2D eigenvalue weighted by Gasteiger charge is 2.26. The van der Waals surface area contributed by atoms with Gasteiger partial charge in [-0.2, -0.15) is 0 Å². The van der Waals surface area contributed by atoms with E-state index in [-0.39, 0.29) is 11.9 Å². The van der Waals surface area contributed by atoms with Gasteiger partial charge in [0.05, 0.1) is 21.3 Å². The Labute approximate surface area is 197 Å². The first kappa shape index (κ1) is 21.5. The number of hydrogen-bond acceptors (Lipinski definition) is 7. The van der Waals surface area contributed by atoms with Gasteiger partial charge in [-0.15, -0.1) is 11.3 Å². The van der Waals surface area contributed by atoms with Crippen molar-refractivity contribution in [3.8, 4) is 0 Å². The second kappa shape index (κ2) is 9.64. The summed E-state index contributed by atoms with van der Waals surface area (Å²) in [5.74, 6) is 0.763. The molecule has 0 unspecified atom stereocenters.